The summed E-state index contributed by atoms with van der Waals surface area (Å²) in [6.07, 6.45) is 0. The second-order valence-electron chi connectivity index (χ2n) is 2.10. The van der Waals surface area contributed by atoms with Gasteiger partial charge in [-0.05, 0) is 6.07 Å². The lowest BCUT2D eigenvalue weighted by molar-refractivity contribution is 0.500. The Balaban J connectivity index is 3.26. The Hall–Kier alpha value is -0.0500. The molecule has 66 valence electrons. The second kappa shape index (κ2) is 3.36. The lowest BCUT2D eigenvalue weighted by Gasteiger charge is -2.11. The maximum absolute atomic E-state index is 12.9. The largest absolute Gasteiger partial charge is 0.218 e. The molecule has 5 heteroatoms. The molecule has 0 aliphatic carbocycles. The highest BCUT2D eigenvalue weighted by Crippen LogP contribution is 2.39. The smallest absolute Gasteiger partial charge is 0.204 e. The van der Waals surface area contributed by atoms with E-state index in [9.17, 15) is 8.78 Å². The van der Waals surface area contributed by atoms with Gasteiger partial charge in [-0.2, -0.15) is 0 Å². The van der Waals surface area contributed by atoms with Gasteiger partial charge in [0, 0.05) is 5.56 Å². The third kappa shape index (κ3) is 2.00. The van der Waals surface area contributed by atoms with Crippen molar-refractivity contribution in [3.8, 4) is 0 Å². The molecule has 0 N–H and O–H groups in total. The van der Waals surface area contributed by atoms with Crippen molar-refractivity contribution in [1.29, 1.82) is 0 Å². The van der Waals surface area contributed by atoms with Crippen molar-refractivity contribution in [3.05, 3.63) is 35.4 Å². The highest BCUT2D eigenvalue weighted by Gasteiger charge is 2.27. The molecule has 0 spiro atoms. The van der Waals surface area contributed by atoms with Gasteiger partial charge < -0.3 is 0 Å². The average Bonchev–Trinajstić information content (AvgIpc) is 1.92. The van der Waals surface area contributed by atoms with E-state index in [0.29, 0.717) is 0 Å². The predicted octanol–water partition coefficient (Wildman–Crippen LogP) is 3.79. The molecule has 0 aliphatic heterocycles. The van der Waals surface area contributed by atoms with E-state index in [2.05, 4.69) is 0 Å². The monoisotopic (exact) mass is 230 g/mol. The predicted molar refractivity (Wildman–Crippen MR) is 45.6 cm³/mol. The van der Waals surface area contributed by atoms with E-state index in [1.165, 1.54) is 12.1 Å². The number of hydrogen-bond acceptors (Lipinski definition) is 0. The summed E-state index contributed by atoms with van der Waals surface area (Å²) in [5, 5.41) is 0. The zero-order chi connectivity index (χ0) is 9.35. The molecule has 12 heavy (non-hydrogen) atoms. The zero-order valence-electron chi connectivity index (χ0n) is 5.62. The summed E-state index contributed by atoms with van der Waals surface area (Å²) < 4.78 is 23.5. The molecule has 0 fully saturated rings. The Labute approximate surface area is 83.0 Å². The third-order valence-electron chi connectivity index (χ3n) is 1.26. The van der Waals surface area contributed by atoms with Crippen LogP contribution in [0.1, 0.15) is 5.56 Å². The van der Waals surface area contributed by atoms with Gasteiger partial charge in [0.25, 0.3) is 0 Å². The molecule has 0 unspecified atom stereocenters. The minimum Gasteiger partial charge on any atom is -0.204 e. The van der Waals surface area contributed by atoms with Crippen LogP contribution in [0.2, 0.25) is 0 Å². The summed E-state index contributed by atoms with van der Waals surface area (Å²) in [5.41, 5.74) is -0.285. The lowest BCUT2D eigenvalue weighted by atomic mass is 10.2. The van der Waals surface area contributed by atoms with Gasteiger partial charge in [-0.1, -0.05) is 46.9 Å². The quantitative estimate of drug-likeness (QED) is 0.596. The van der Waals surface area contributed by atoms with E-state index < -0.39 is 15.4 Å². The van der Waals surface area contributed by atoms with Crippen LogP contribution in [0.25, 0.3) is 0 Å². The van der Waals surface area contributed by atoms with Crippen molar-refractivity contribution >= 4 is 34.8 Å². The lowest BCUT2D eigenvalue weighted by Crippen LogP contribution is -2.05. The van der Waals surface area contributed by atoms with Crippen LogP contribution in [0.4, 0.5) is 8.78 Å². The van der Waals surface area contributed by atoms with Gasteiger partial charge in [0.1, 0.15) is 0 Å². The summed E-state index contributed by atoms with van der Waals surface area (Å²) >= 11 is 16.1. The fourth-order valence-electron chi connectivity index (χ4n) is 0.723. The minimum absolute atomic E-state index is 0.285. The van der Waals surface area contributed by atoms with Gasteiger partial charge in [-0.15, -0.1) is 0 Å². The van der Waals surface area contributed by atoms with Crippen molar-refractivity contribution in [2.45, 2.75) is 3.79 Å². The molecule has 0 radical (unpaired) electrons. The van der Waals surface area contributed by atoms with Crippen molar-refractivity contribution < 1.29 is 8.78 Å². The summed E-state index contributed by atoms with van der Waals surface area (Å²) in [6, 6.07) is 3.44. The topological polar surface area (TPSA) is 0 Å². The van der Waals surface area contributed by atoms with E-state index >= 15 is 0 Å². The second-order valence-corrected chi connectivity index (χ2v) is 4.38. The molecule has 0 saturated heterocycles. The van der Waals surface area contributed by atoms with Crippen LogP contribution in [0.5, 0.6) is 0 Å². The van der Waals surface area contributed by atoms with Crippen LogP contribution in [0, 0.1) is 11.6 Å². The molecule has 0 saturated carbocycles. The molecule has 1 rings (SSSR count). The van der Waals surface area contributed by atoms with Crippen LogP contribution < -0.4 is 0 Å². The van der Waals surface area contributed by atoms with Crippen LogP contribution >= 0.6 is 34.8 Å². The van der Waals surface area contributed by atoms with Crippen LogP contribution in [0.3, 0.4) is 0 Å². The number of alkyl halides is 3. The Kier molecular flexibility index (Phi) is 2.81. The van der Waals surface area contributed by atoms with Crippen LogP contribution in [-0.4, -0.2) is 0 Å². The van der Waals surface area contributed by atoms with Gasteiger partial charge >= 0.3 is 0 Å². The molecular weight excluding hydrogens is 228 g/mol. The van der Waals surface area contributed by atoms with E-state index in [0.717, 1.165) is 6.07 Å². The molecule has 0 amide bonds. The first-order valence-electron chi connectivity index (χ1n) is 2.94. The Morgan fingerprint density at radius 2 is 1.67 bits per heavy atom. The van der Waals surface area contributed by atoms with Crippen molar-refractivity contribution in [2.75, 3.05) is 0 Å². The van der Waals surface area contributed by atoms with Crippen molar-refractivity contribution in [3.63, 3.8) is 0 Å². The fourth-order valence-corrected chi connectivity index (χ4v) is 1.16. The summed E-state index contributed by atoms with van der Waals surface area (Å²) in [7, 11) is 0. The van der Waals surface area contributed by atoms with E-state index in [4.69, 9.17) is 34.8 Å². The average molecular weight is 231 g/mol. The highest BCUT2D eigenvalue weighted by molar-refractivity contribution is 6.66. The molecule has 0 atom stereocenters. The van der Waals surface area contributed by atoms with Gasteiger partial charge in [0.05, 0.1) is 0 Å². The molecule has 1 aromatic rings. The van der Waals surface area contributed by atoms with Gasteiger partial charge in [0.2, 0.25) is 3.79 Å². The number of halogens is 5. The van der Waals surface area contributed by atoms with E-state index in [1.54, 1.807) is 0 Å². The van der Waals surface area contributed by atoms with Crippen LogP contribution in [0.15, 0.2) is 18.2 Å². The number of benzene rings is 1. The van der Waals surface area contributed by atoms with E-state index in [-0.39, 0.29) is 5.56 Å². The van der Waals surface area contributed by atoms with Crippen molar-refractivity contribution in [1.82, 2.24) is 0 Å². The Morgan fingerprint density at radius 1 is 1.08 bits per heavy atom. The first kappa shape index (κ1) is 10.0. The normalized spacial score (nSPS) is 11.8. The first-order chi connectivity index (χ1) is 5.43. The SMILES string of the molecule is Fc1cccc(C(Cl)(Cl)Cl)c1F. The molecule has 0 nitrogen and oxygen atoms in total. The standard InChI is InChI=1S/C7H3Cl3F2/c8-7(9,10)4-2-1-3-5(11)6(4)12/h1-3H. The van der Waals surface area contributed by atoms with Gasteiger partial charge in [-0.3, -0.25) is 0 Å². The van der Waals surface area contributed by atoms with E-state index in [1.807, 2.05) is 0 Å². The molecule has 0 heterocycles. The maximum atomic E-state index is 12.9. The number of hydrogen-bond donors (Lipinski definition) is 0. The van der Waals surface area contributed by atoms with Crippen molar-refractivity contribution in [2.24, 2.45) is 0 Å². The Morgan fingerprint density at radius 3 is 2.08 bits per heavy atom. The summed E-state index contributed by atoms with van der Waals surface area (Å²) in [4.78, 5) is 0. The Bertz CT molecular complexity index is 293. The fraction of sp³-hybridized carbons (Fsp3) is 0.143. The summed E-state index contributed by atoms with van der Waals surface area (Å²) in [6.45, 7) is 0. The molecule has 0 bridgehead atoms. The van der Waals surface area contributed by atoms with Crippen LogP contribution in [-0.2, 0) is 3.79 Å². The zero-order valence-corrected chi connectivity index (χ0v) is 7.89. The van der Waals surface area contributed by atoms with Gasteiger partial charge in [-0.25, -0.2) is 8.78 Å². The third-order valence-corrected chi connectivity index (χ3v) is 1.87. The maximum Gasteiger partial charge on any atom is 0.218 e. The summed E-state index contributed by atoms with van der Waals surface area (Å²) in [5.74, 6) is -2.16. The number of rotatable bonds is 0. The first-order valence-corrected chi connectivity index (χ1v) is 4.07. The highest BCUT2D eigenvalue weighted by atomic mass is 35.6. The molecule has 1 aromatic carbocycles. The molecule has 0 aliphatic rings. The molecule has 0 aromatic heterocycles. The van der Waals surface area contributed by atoms with Gasteiger partial charge in [0.15, 0.2) is 11.6 Å². The molecular formula is C7H3Cl3F2. The minimum atomic E-state index is -1.92.